The molecule has 1 aromatic carbocycles. The Morgan fingerprint density at radius 2 is 2.25 bits per heavy atom. The molecule has 2 aromatic heterocycles. The van der Waals surface area contributed by atoms with E-state index in [1.807, 2.05) is 18.2 Å². The number of benzene rings is 1. The molecule has 0 aliphatic heterocycles. The topological polar surface area (TPSA) is 25.2 Å². The van der Waals surface area contributed by atoms with Crippen LogP contribution < -0.4 is 5.32 Å². The van der Waals surface area contributed by atoms with Crippen molar-refractivity contribution < 1.29 is 4.42 Å². The molecule has 1 unspecified atom stereocenters. The summed E-state index contributed by atoms with van der Waals surface area (Å²) in [4.78, 5) is 0. The third-order valence-electron chi connectivity index (χ3n) is 3.33. The van der Waals surface area contributed by atoms with Crippen LogP contribution in [0.1, 0.15) is 24.3 Å². The fraction of sp³-hybridized carbons (Fsp3) is 0.250. The maximum atomic E-state index is 6.18. The van der Waals surface area contributed by atoms with Crippen molar-refractivity contribution >= 4 is 33.9 Å². The predicted octanol–water partition coefficient (Wildman–Crippen LogP) is 5.04. The molecule has 0 amide bonds. The van der Waals surface area contributed by atoms with Gasteiger partial charge in [-0.05, 0) is 47.5 Å². The zero-order valence-electron chi connectivity index (χ0n) is 11.2. The number of hydrogen-bond donors (Lipinski definition) is 1. The summed E-state index contributed by atoms with van der Waals surface area (Å²) in [6.45, 7) is 3.01. The molecule has 0 saturated carbocycles. The van der Waals surface area contributed by atoms with Gasteiger partial charge in [0.1, 0.15) is 5.76 Å². The smallest absolute Gasteiger partial charge is 0.152 e. The second-order valence-electron chi connectivity index (χ2n) is 4.75. The standard InChI is InChI=1S/C16H16ClNOS/c1-2-18-14(8-11-6-7-20-10-11)15-9-12-4-3-5-13(17)16(12)19-15/h3-7,9-10,14,18H,2,8H2,1H3. The van der Waals surface area contributed by atoms with Crippen molar-refractivity contribution in [1.82, 2.24) is 5.32 Å². The molecule has 0 bridgehead atoms. The van der Waals surface area contributed by atoms with Gasteiger partial charge in [-0.25, -0.2) is 0 Å². The summed E-state index contributed by atoms with van der Waals surface area (Å²) in [5.74, 6) is 0.946. The minimum Gasteiger partial charge on any atom is -0.458 e. The molecule has 20 heavy (non-hydrogen) atoms. The highest BCUT2D eigenvalue weighted by atomic mass is 35.5. The third kappa shape index (κ3) is 2.75. The fourth-order valence-corrected chi connectivity index (χ4v) is 3.29. The van der Waals surface area contributed by atoms with Gasteiger partial charge in [-0.2, -0.15) is 11.3 Å². The van der Waals surface area contributed by atoms with Crippen LogP contribution >= 0.6 is 22.9 Å². The van der Waals surface area contributed by atoms with E-state index in [0.29, 0.717) is 5.02 Å². The molecule has 3 rings (SSSR count). The summed E-state index contributed by atoms with van der Waals surface area (Å²) in [5.41, 5.74) is 2.10. The first-order chi connectivity index (χ1) is 9.78. The van der Waals surface area contributed by atoms with Gasteiger partial charge >= 0.3 is 0 Å². The Hall–Kier alpha value is -1.29. The highest BCUT2D eigenvalue weighted by molar-refractivity contribution is 7.07. The second-order valence-corrected chi connectivity index (χ2v) is 5.94. The first kappa shape index (κ1) is 13.7. The van der Waals surface area contributed by atoms with E-state index in [2.05, 4.69) is 35.1 Å². The van der Waals surface area contributed by atoms with Crippen molar-refractivity contribution in [2.24, 2.45) is 0 Å². The zero-order valence-corrected chi connectivity index (χ0v) is 12.8. The van der Waals surface area contributed by atoms with Crippen molar-refractivity contribution in [2.45, 2.75) is 19.4 Å². The Labute approximate surface area is 127 Å². The Morgan fingerprint density at radius 3 is 2.95 bits per heavy atom. The Bertz CT molecular complexity index is 690. The zero-order chi connectivity index (χ0) is 13.9. The minimum absolute atomic E-state index is 0.179. The average Bonchev–Trinajstić information content (AvgIpc) is 3.07. The van der Waals surface area contributed by atoms with E-state index in [1.54, 1.807) is 11.3 Å². The van der Waals surface area contributed by atoms with Gasteiger partial charge in [0.25, 0.3) is 0 Å². The third-order valence-corrected chi connectivity index (χ3v) is 4.36. The molecule has 2 nitrogen and oxygen atoms in total. The van der Waals surface area contributed by atoms with Crippen LogP contribution in [0, 0.1) is 0 Å². The van der Waals surface area contributed by atoms with Crippen molar-refractivity contribution in [1.29, 1.82) is 0 Å². The molecule has 0 radical (unpaired) electrons. The van der Waals surface area contributed by atoms with E-state index >= 15 is 0 Å². The molecule has 0 spiro atoms. The van der Waals surface area contributed by atoms with Crippen LogP contribution in [0.25, 0.3) is 11.0 Å². The first-order valence-corrected chi connectivity index (χ1v) is 8.02. The van der Waals surface area contributed by atoms with Crippen molar-refractivity contribution in [3.8, 4) is 0 Å². The number of fused-ring (bicyclic) bond motifs is 1. The maximum Gasteiger partial charge on any atom is 0.152 e. The van der Waals surface area contributed by atoms with Crippen LogP contribution in [0.3, 0.4) is 0 Å². The van der Waals surface area contributed by atoms with E-state index in [9.17, 15) is 0 Å². The Morgan fingerprint density at radius 1 is 1.35 bits per heavy atom. The van der Waals surface area contributed by atoms with Crippen molar-refractivity contribution in [3.63, 3.8) is 0 Å². The van der Waals surface area contributed by atoms with Gasteiger partial charge < -0.3 is 9.73 Å². The van der Waals surface area contributed by atoms with Crippen LogP contribution in [0.5, 0.6) is 0 Å². The Kier molecular flexibility index (Phi) is 4.10. The lowest BCUT2D eigenvalue weighted by Gasteiger charge is -2.14. The fourth-order valence-electron chi connectivity index (χ4n) is 2.38. The van der Waals surface area contributed by atoms with E-state index in [-0.39, 0.29) is 6.04 Å². The van der Waals surface area contributed by atoms with Crippen LogP contribution in [0.2, 0.25) is 5.02 Å². The molecule has 1 atom stereocenters. The van der Waals surface area contributed by atoms with Gasteiger partial charge in [0.05, 0.1) is 11.1 Å². The second kappa shape index (κ2) is 6.00. The number of halogens is 1. The lowest BCUT2D eigenvalue weighted by atomic mass is 10.1. The van der Waals surface area contributed by atoms with Crippen molar-refractivity contribution in [2.75, 3.05) is 6.54 Å². The molecule has 2 heterocycles. The summed E-state index contributed by atoms with van der Waals surface area (Å²) in [7, 11) is 0. The lowest BCUT2D eigenvalue weighted by Crippen LogP contribution is -2.22. The van der Waals surface area contributed by atoms with E-state index in [4.69, 9.17) is 16.0 Å². The van der Waals surface area contributed by atoms with Gasteiger partial charge in [0, 0.05) is 5.39 Å². The number of likely N-dealkylation sites (N-methyl/N-ethyl adjacent to an activating group) is 1. The normalized spacial score (nSPS) is 12.9. The molecule has 0 aliphatic rings. The van der Waals surface area contributed by atoms with Crippen LogP contribution in [-0.4, -0.2) is 6.54 Å². The minimum atomic E-state index is 0.179. The van der Waals surface area contributed by atoms with Crippen molar-refractivity contribution in [3.05, 3.63) is 57.4 Å². The van der Waals surface area contributed by atoms with E-state index in [0.717, 1.165) is 29.7 Å². The largest absolute Gasteiger partial charge is 0.458 e. The molecule has 1 N–H and O–H groups in total. The summed E-state index contributed by atoms with van der Waals surface area (Å²) in [6, 6.07) is 10.3. The molecule has 0 aliphatic carbocycles. The van der Waals surface area contributed by atoms with Crippen LogP contribution in [0.4, 0.5) is 0 Å². The predicted molar refractivity (Wildman–Crippen MR) is 85.7 cm³/mol. The Balaban J connectivity index is 1.94. The van der Waals surface area contributed by atoms with Crippen LogP contribution in [-0.2, 0) is 6.42 Å². The summed E-state index contributed by atoms with van der Waals surface area (Å²) in [5, 5.41) is 9.49. The van der Waals surface area contributed by atoms with Gasteiger partial charge in [-0.15, -0.1) is 0 Å². The number of para-hydroxylation sites is 1. The molecular formula is C16H16ClNOS. The van der Waals surface area contributed by atoms with Gasteiger partial charge in [0.2, 0.25) is 0 Å². The highest BCUT2D eigenvalue weighted by Crippen LogP contribution is 2.30. The molecule has 4 heteroatoms. The molecular weight excluding hydrogens is 290 g/mol. The number of hydrogen-bond acceptors (Lipinski definition) is 3. The monoisotopic (exact) mass is 305 g/mol. The molecule has 104 valence electrons. The summed E-state index contributed by atoms with van der Waals surface area (Å²) < 4.78 is 5.97. The number of thiophene rings is 1. The van der Waals surface area contributed by atoms with Gasteiger partial charge in [-0.1, -0.05) is 30.7 Å². The number of rotatable bonds is 5. The summed E-state index contributed by atoms with van der Waals surface area (Å²) >= 11 is 7.91. The highest BCUT2D eigenvalue weighted by Gasteiger charge is 2.17. The van der Waals surface area contributed by atoms with E-state index < -0.39 is 0 Å². The van der Waals surface area contributed by atoms with Gasteiger partial charge in [-0.3, -0.25) is 0 Å². The molecule has 0 saturated heterocycles. The lowest BCUT2D eigenvalue weighted by molar-refractivity contribution is 0.435. The number of nitrogens with one attached hydrogen (secondary N) is 1. The molecule has 0 fully saturated rings. The quantitative estimate of drug-likeness (QED) is 0.714. The average molecular weight is 306 g/mol. The first-order valence-electron chi connectivity index (χ1n) is 6.70. The molecule has 3 aromatic rings. The SMILES string of the molecule is CCNC(Cc1ccsc1)c1cc2cccc(Cl)c2o1. The van der Waals surface area contributed by atoms with Crippen LogP contribution in [0.15, 0.2) is 45.5 Å². The number of furan rings is 1. The maximum absolute atomic E-state index is 6.18. The van der Waals surface area contributed by atoms with Gasteiger partial charge in [0.15, 0.2) is 5.58 Å². The van der Waals surface area contributed by atoms with E-state index in [1.165, 1.54) is 5.56 Å². The summed E-state index contributed by atoms with van der Waals surface area (Å²) in [6.07, 6.45) is 0.925.